The predicted octanol–water partition coefficient (Wildman–Crippen LogP) is 3.52. The molecular formula is C13H11ClF5NO. The van der Waals surface area contributed by atoms with Crippen LogP contribution in [0.4, 0.5) is 22.0 Å². The first-order valence-electron chi connectivity index (χ1n) is 6.28. The first-order chi connectivity index (χ1) is 9.84. The lowest BCUT2D eigenvalue weighted by atomic mass is 10.1. The minimum Gasteiger partial charge on any atom is -0.352 e. The minimum absolute atomic E-state index is 0.0203. The second-order valence-corrected chi connectivity index (χ2v) is 5.42. The average Bonchev–Trinajstić information content (AvgIpc) is 2.86. The van der Waals surface area contributed by atoms with Gasteiger partial charge in [-0.3, -0.25) is 4.79 Å². The topological polar surface area (TPSA) is 29.1 Å². The number of benzene rings is 1. The number of carbonyl (C=O) groups excluding carboxylic acids is 1. The second-order valence-electron chi connectivity index (χ2n) is 4.86. The van der Waals surface area contributed by atoms with Crippen LogP contribution in [0.15, 0.2) is 0 Å². The van der Waals surface area contributed by atoms with Crippen LogP contribution in [-0.2, 0) is 0 Å². The number of nitrogens with one attached hydrogen (secondary N) is 1. The molecule has 2 rings (SSSR count). The number of amides is 1. The van der Waals surface area contributed by atoms with E-state index in [1.54, 1.807) is 0 Å². The van der Waals surface area contributed by atoms with E-state index in [1.807, 2.05) is 0 Å². The Bertz CT molecular complexity index is 551. The molecule has 1 aliphatic rings. The van der Waals surface area contributed by atoms with Gasteiger partial charge in [0.1, 0.15) is 5.56 Å². The summed E-state index contributed by atoms with van der Waals surface area (Å²) in [5.41, 5.74) is -1.48. The summed E-state index contributed by atoms with van der Waals surface area (Å²) in [7, 11) is 0. The van der Waals surface area contributed by atoms with Crippen molar-refractivity contribution in [1.82, 2.24) is 5.32 Å². The van der Waals surface area contributed by atoms with Gasteiger partial charge in [-0.15, -0.1) is 11.6 Å². The van der Waals surface area contributed by atoms with Crippen molar-refractivity contribution in [2.24, 2.45) is 5.92 Å². The molecule has 1 amide bonds. The quantitative estimate of drug-likeness (QED) is 0.391. The summed E-state index contributed by atoms with van der Waals surface area (Å²) in [4.78, 5) is 11.7. The van der Waals surface area contributed by atoms with E-state index in [2.05, 4.69) is 5.32 Å². The van der Waals surface area contributed by atoms with Crippen LogP contribution >= 0.6 is 11.6 Å². The molecule has 2 nitrogen and oxygen atoms in total. The third kappa shape index (κ3) is 2.97. The summed E-state index contributed by atoms with van der Waals surface area (Å²) >= 11 is 5.97. The van der Waals surface area contributed by atoms with Crippen molar-refractivity contribution in [2.45, 2.75) is 24.6 Å². The maximum Gasteiger partial charge on any atom is 0.257 e. The Morgan fingerprint density at radius 3 is 2.00 bits per heavy atom. The Hall–Kier alpha value is -1.37. The molecule has 1 fully saturated rings. The summed E-state index contributed by atoms with van der Waals surface area (Å²) in [5.74, 6) is -12.3. The Morgan fingerprint density at radius 1 is 1.00 bits per heavy atom. The van der Waals surface area contributed by atoms with Crippen molar-refractivity contribution < 1.29 is 26.7 Å². The van der Waals surface area contributed by atoms with Gasteiger partial charge in [0.25, 0.3) is 5.91 Å². The van der Waals surface area contributed by atoms with Gasteiger partial charge in [0, 0.05) is 11.9 Å². The molecule has 1 aliphatic carbocycles. The normalized spacial score (nSPS) is 21.6. The third-order valence-electron chi connectivity index (χ3n) is 3.53. The lowest BCUT2D eigenvalue weighted by molar-refractivity contribution is 0.0936. The molecule has 8 heteroatoms. The van der Waals surface area contributed by atoms with Crippen LogP contribution in [0.1, 0.15) is 29.6 Å². The van der Waals surface area contributed by atoms with Gasteiger partial charge >= 0.3 is 0 Å². The monoisotopic (exact) mass is 327 g/mol. The van der Waals surface area contributed by atoms with Gasteiger partial charge < -0.3 is 5.32 Å². The number of hydrogen-bond acceptors (Lipinski definition) is 1. The largest absolute Gasteiger partial charge is 0.352 e. The highest BCUT2D eigenvalue weighted by atomic mass is 35.5. The molecule has 21 heavy (non-hydrogen) atoms. The molecule has 0 bridgehead atoms. The summed E-state index contributed by atoms with van der Waals surface area (Å²) < 4.78 is 65.7. The highest BCUT2D eigenvalue weighted by Crippen LogP contribution is 2.29. The van der Waals surface area contributed by atoms with Gasteiger partial charge in [-0.25, -0.2) is 22.0 Å². The SMILES string of the molecule is O=C(NCC1CCCC1Cl)c1c(F)c(F)c(F)c(F)c1F. The first-order valence-corrected chi connectivity index (χ1v) is 6.72. The van der Waals surface area contributed by atoms with Crippen LogP contribution in [0.25, 0.3) is 0 Å². The number of halogens is 6. The fourth-order valence-corrected chi connectivity index (χ4v) is 2.71. The van der Waals surface area contributed by atoms with Crippen molar-refractivity contribution >= 4 is 17.5 Å². The van der Waals surface area contributed by atoms with Gasteiger partial charge in [0.15, 0.2) is 23.3 Å². The fraction of sp³-hybridized carbons (Fsp3) is 0.462. The maximum absolute atomic E-state index is 13.4. The Labute approximate surface area is 122 Å². The second kappa shape index (κ2) is 6.17. The van der Waals surface area contributed by atoms with Crippen LogP contribution in [-0.4, -0.2) is 17.8 Å². The van der Waals surface area contributed by atoms with E-state index in [-0.39, 0.29) is 17.8 Å². The van der Waals surface area contributed by atoms with E-state index in [9.17, 15) is 26.7 Å². The van der Waals surface area contributed by atoms with E-state index >= 15 is 0 Å². The van der Waals surface area contributed by atoms with Crippen molar-refractivity contribution in [2.75, 3.05) is 6.54 Å². The highest BCUT2D eigenvalue weighted by Gasteiger charge is 2.31. The van der Waals surface area contributed by atoms with Crippen molar-refractivity contribution in [3.8, 4) is 0 Å². The molecule has 1 saturated carbocycles. The number of alkyl halides is 1. The van der Waals surface area contributed by atoms with Crippen LogP contribution in [0, 0.1) is 35.0 Å². The smallest absolute Gasteiger partial charge is 0.257 e. The van der Waals surface area contributed by atoms with Crippen LogP contribution in [0.3, 0.4) is 0 Å². The lowest BCUT2D eigenvalue weighted by Gasteiger charge is -2.15. The molecule has 0 heterocycles. The van der Waals surface area contributed by atoms with Crippen LogP contribution in [0.5, 0.6) is 0 Å². The van der Waals surface area contributed by atoms with Gasteiger partial charge in [0.05, 0.1) is 0 Å². The van der Waals surface area contributed by atoms with Crippen LogP contribution < -0.4 is 5.32 Å². The molecule has 1 aromatic carbocycles. The maximum atomic E-state index is 13.4. The van der Waals surface area contributed by atoms with Gasteiger partial charge in [-0.1, -0.05) is 6.42 Å². The standard InChI is InChI=1S/C13H11ClF5NO/c14-6-3-1-2-5(6)4-20-13(21)7-8(15)10(17)12(19)11(18)9(7)16/h5-6H,1-4H2,(H,20,21). The molecule has 0 saturated heterocycles. The van der Waals surface area contributed by atoms with E-state index in [0.29, 0.717) is 0 Å². The van der Waals surface area contributed by atoms with E-state index in [0.717, 1.165) is 19.3 Å². The Kier molecular flexibility index (Phi) is 4.70. The zero-order valence-electron chi connectivity index (χ0n) is 10.7. The van der Waals surface area contributed by atoms with Crippen molar-refractivity contribution in [1.29, 1.82) is 0 Å². The summed E-state index contributed by atoms with van der Waals surface area (Å²) in [5, 5.41) is 1.99. The molecule has 0 aromatic heterocycles. The van der Waals surface area contributed by atoms with E-state index in [1.165, 1.54) is 0 Å². The van der Waals surface area contributed by atoms with Crippen LogP contribution in [0.2, 0.25) is 0 Å². The van der Waals surface area contributed by atoms with Crippen molar-refractivity contribution in [3.63, 3.8) is 0 Å². The molecule has 116 valence electrons. The zero-order chi connectivity index (χ0) is 15.7. The lowest BCUT2D eigenvalue weighted by Crippen LogP contribution is -2.33. The van der Waals surface area contributed by atoms with Gasteiger partial charge in [-0.05, 0) is 18.8 Å². The number of rotatable bonds is 3. The highest BCUT2D eigenvalue weighted by molar-refractivity contribution is 6.21. The molecular weight excluding hydrogens is 317 g/mol. The molecule has 1 N–H and O–H groups in total. The molecule has 1 aromatic rings. The fourth-order valence-electron chi connectivity index (χ4n) is 2.34. The predicted molar refractivity (Wildman–Crippen MR) is 65.5 cm³/mol. The minimum atomic E-state index is -2.29. The summed E-state index contributed by atoms with van der Waals surface area (Å²) in [6.07, 6.45) is 2.34. The molecule has 0 spiro atoms. The summed E-state index contributed by atoms with van der Waals surface area (Å²) in [6, 6.07) is 0. The van der Waals surface area contributed by atoms with E-state index < -0.39 is 40.6 Å². The number of hydrogen-bond donors (Lipinski definition) is 1. The Morgan fingerprint density at radius 2 is 1.52 bits per heavy atom. The third-order valence-corrected chi connectivity index (χ3v) is 4.10. The number of carbonyl (C=O) groups is 1. The molecule has 2 atom stereocenters. The van der Waals surface area contributed by atoms with E-state index in [4.69, 9.17) is 11.6 Å². The molecule has 0 radical (unpaired) electrons. The summed E-state index contributed by atoms with van der Waals surface area (Å²) in [6.45, 7) is 0.0203. The molecule has 0 aliphatic heterocycles. The first kappa shape index (κ1) is 16.0. The van der Waals surface area contributed by atoms with Crippen molar-refractivity contribution in [3.05, 3.63) is 34.6 Å². The molecule has 2 unspecified atom stereocenters. The van der Waals surface area contributed by atoms with Gasteiger partial charge in [-0.2, -0.15) is 0 Å². The Balaban J connectivity index is 2.19. The van der Waals surface area contributed by atoms with Gasteiger partial charge in [0.2, 0.25) is 5.82 Å². The average molecular weight is 328 g/mol. The zero-order valence-corrected chi connectivity index (χ0v) is 11.4.